The smallest absolute Gasteiger partial charge is 0.253 e. The molecule has 6 nitrogen and oxygen atoms in total. The van der Waals surface area contributed by atoms with Gasteiger partial charge in [0.05, 0.1) is 18.1 Å². The van der Waals surface area contributed by atoms with Gasteiger partial charge in [-0.1, -0.05) is 24.8 Å². The average molecular weight is 391 g/mol. The Morgan fingerprint density at radius 3 is 2.76 bits per heavy atom. The predicted molar refractivity (Wildman–Crippen MR) is 113 cm³/mol. The Balaban J connectivity index is 1.42. The normalized spacial score (nSPS) is 14.7. The van der Waals surface area contributed by atoms with Crippen LogP contribution in [0, 0.1) is 0 Å². The molecule has 1 aromatic heterocycles. The Morgan fingerprint density at radius 1 is 1.24 bits per heavy atom. The van der Waals surface area contributed by atoms with Crippen LogP contribution in [0.2, 0.25) is 0 Å². The summed E-state index contributed by atoms with van der Waals surface area (Å²) in [5.74, 6) is 2.53. The average Bonchev–Trinajstić information content (AvgIpc) is 3.21. The molecule has 0 radical (unpaired) electrons. The van der Waals surface area contributed by atoms with Crippen molar-refractivity contribution in [3.8, 4) is 11.5 Å². The maximum Gasteiger partial charge on any atom is 0.253 e. The van der Waals surface area contributed by atoms with Crippen molar-refractivity contribution in [2.75, 3.05) is 26.8 Å². The van der Waals surface area contributed by atoms with Crippen LogP contribution < -0.4 is 9.47 Å². The standard InChI is InChI=1S/C23H25N3O3/c1-3-14-29-20-9-8-17(15-21(20)28-2)23(27)26-12-10-16(11-13-26)22-24-18-6-4-5-7-19(18)25-22/h3-9,15-16H,1,10-14H2,2H3,(H,24,25). The van der Waals surface area contributed by atoms with E-state index in [1.807, 2.05) is 29.2 Å². The van der Waals surface area contributed by atoms with Crippen LogP contribution in [0.25, 0.3) is 11.0 Å². The Morgan fingerprint density at radius 2 is 2.03 bits per heavy atom. The lowest BCUT2D eigenvalue weighted by atomic mass is 9.95. The number of ether oxygens (including phenoxy) is 2. The number of aromatic nitrogens is 2. The molecule has 0 saturated carbocycles. The molecule has 1 amide bonds. The topological polar surface area (TPSA) is 67.5 Å². The van der Waals surface area contributed by atoms with Crippen molar-refractivity contribution >= 4 is 16.9 Å². The van der Waals surface area contributed by atoms with E-state index in [0.717, 1.165) is 29.7 Å². The summed E-state index contributed by atoms with van der Waals surface area (Å²) in [5.41, 5.74) is 2.66. The monoisotopic (exact) mass is 391 g/mol. The first-order valence-electron chi connectivity index (χ1n) is 9.85. The van der Waals surface area contributed by atoms with Gasteiger partial charge in [0, 0.05) is 24.6 Å². The first-order valence-corrected chi connectivity index (χ1v) is 9.85. The highest BCUT2D eigenvalue weighted by Gasteiger charge is 2.27. The second-order valence-electron chi connectivity index (χ2n) is 7.17. The van der Waals surface area contributed by atoms with Crippen molar-refractivity contribution in [3.05, 3.63) is 66.5 Å². The maximum absolute atomic E-state index is 13.0. The zero-order chi connectivity index (χ0) is 20.2. The number of amides is 1. The van der Waals surface area contributed by atoms with Crippen LogP contribution in [0.1, 0.15) is 34.9 Å². The largest absolute Gasteiger partial charge is 0.493 e. The first kappa shape index (κ1) is 19.1. The maximum atomic E-state index is 13.0. The van der Waals surface area contributed by atoms with Crippen LogP contribution in [0.15, 0.2) is 55.1 Å². The van der Waals surface area contributed by atoms with Crippen LogP contribution in [0.3, 0.4) is 0 Å². The fourth-order valence-corrected chi connectivity index (χ4v) is 3.77. The summed E-state index contributed by atoms with van der Waals surface area (Å²) in [7, 11) is 1.57. The number of H-pyrrole nitrogens is 1. The van der Waals surface area contributed by atoms with Crippen molar-refractivity contribution in [1.29, 1.82) is 0 Å². The van der Waals surface area contributed by atoms with Gasteiger partial charge < -0.3 is 19.4 Å². The van der Waals surface area contributed by atoms with Gasteiger partial charge in [0.2, 0.25) is 0 Å². The van der Waals surface area contributed by atoms with Crippen molar-refractivity contribution < 1.29 is 14.3 Å². The minimum Gasteiger partial charge on any atom is -0.493 e. The predicted octanol–water partition coefficient (Wildman–Crippen LogP) is 4.16. The Bertz CT molecular complexity index is 986. The van der Waals surface area contributed by atoms with Crippen molar-refractivity contribution in [1.82, 2.24) is 14.9 Å². The number of carbonyl (C=O) groups excluding carboxylic acids is 1. The van der Waals surface area contributed by atoms with Gasteiger partial charge in [-0.3, -0.25) is 4.79 Å². The van der Waals surface area contributed by atoms with E-state index in [-0.39, 0.29) is 5.91 Å². The third-order valence-electron chi connectivity index (χ3n) is 5.34. The SMILES string of the molecule is C=CCOc1ccc(C(=O)N2CCC(c3nc4ccccc4[nH]3)CC2)cc1OC. The Kier molecular flexibility index (Phi) is 5.51. The summed E-state index contributed by atoms with van der Waals surface area (Å²) < 4.78 is 10.9. The molecular formula is C23H25N3O3. The number of nitrogens with one attached hydrogen (secondary N) is 1. The minimum absolute atomic E-state index is 0.0154. The molecule has 29 heavy (non-hydrogen) atoms. The molecule has 3 aromatic rings. The van der Waals surface area contributed by atoms with Gasteiger partial charge >= 0.3 is 0 Å². The zero-order valence-corrected chi connectivity index (χ0v) is 16.6. The van der Waals surface area contributed by atoms with Gasteiger partial charge in [-0.15, -0.1) is 0 Å². The molecule has 1 N–H and O–H groups in total. The van der Waals surface area contributed by atoms with E-state index in [2.05, 4.69) is 11.6 Å². The lowest BCUT2D eigenvalue weighted by molar-refractivity contribution is 0.0711. The number of piperidine rings is 1. The summed E-state index contributed by atoms with van der Waals surface area (Å²) >= 11 is 0. The second kappa shape index (κ2) is 8.39. The van der Waals surface area contributed by atoms with E-state index >= 15 is 0 Å². The first-order chi connectivity index (χ1) is 14.2. The molecule has 2 aromatic carbocycles. The molecule has 0 spiro atoms. The summed E-state index contributed by atoms with van der Waals surface area (Å²) in [6, 6.07) is 13.4. The molecule has 4 rings (SSSR count). The van der Waals surface area contributed by atoms with E-state index in [4.69, 9.17) is 14.5 Å². The summed E-state index contributed by atoms with van der Waals surface area (Å²) in [5, 5.41) is 0. The highest BCUT2D eigenvalue weighted by molar-refractivity contribution is 5.95. The number of para-hydroxylation sites is 2. The van der Waals surface area contributed by atoms with E-state index in [9.17, 15) is 4.79 Å². The number of fused-ring (bicyclic) bond motifs is 1. The molecule has 0 atom stereocenters. The summed E-state index contributed by atoms with van der Waals surface area (Å²) in [4.78, 5) is 23.0. The van der Waals surface area contributed by atoms with E-state index < -0.39 is 0 Å². The molecule has 1 fully saturated rings. The highest BCUT2D eigenvalue weighted by Crippen LogP contribution is 2.31. The number of aromatic amines is 1. The van der Waals surface area contributed by atoms with Gasteiger partial charge in [0.15, 0.2) is 11.5 Å². The number of nitrogens with zero attached hydrogens (tertiary/aromatic N) is 2. The summed E-state index contributed by atoms with van der Waals surface area (Å²) in [6.45, 7) is 5.44. The molecule has 0 unspecified atom stereocenters. The number of rotatable bonds is 6. The number of carbonyl (C=O) groups is 1. The van der Waals surface area contributed by atoms with E-state index in [1.165, 1.54) is 0 Å². The molecule has 1 aliphatic heterocycles. The lowest BCUT2D eigenvalue weighted by Gasteiger charge is -2.31. The lowest BCUT2D eigenvalue weighted by Crippen LogP contribution is -2.38. The summed E-state index contributed by atoms with van der Waals surface area (Å²) in [6.07, 6.45) is 3.46. The van der Waals surface area contributed by atoms with Crippen LogP contribution in [-0.2, 0) is 0 Å². The minimum atomic E-state index is 0.0154. The van der Waals surface area contributed by atoms with Crippen LogP contribution in [0.5, 0.6) is 11.5 Å². The van der Waals surface area contributed by atoms with Crippen LogP contribution >= 0.6 is 0 Å². The number of hydrogen-bond acceptors (Lipinski definition) is 4. The molecule has 2 heterocycles. The quantitative estimate of drug-likeness (QED) is 0.641. The number of methoxy groups -OCH3 is 1. The number of likely N-dealkylation sites (tertiary alicyclic amines) is 1. The van der Waals surface area contributed by atoms with Crippen molar-refractivity contribution in [2.24, 2.45) is 0 Å². The van der Waals surface area contributed by atoms with Gasteiger partial charge in [0.25, 0.3) is 5.91 Å². The number of benzene rings is 2. The fourth-order valence-electron chi connectivity index (χ4n) is 3.77. The molecule has 6 heteroatoms. The fraction of sp³-hybridized carbons (Fsp3) is 0.304. The highest BCUT2D eigenvalue weighted by atomic mass is 16.5. The third-order valence-corrected chi connectivity index (χ3v) is 5.34. The molecule has 1 saturated heterocycles. The zero-order valence-electron chi connectivity index (χ0n) is 16.6. The van der Waals surface area contributed by atoms with Gasteiger partial charge in [-0.25, -0.2) is 4.98 Å². The Labute approximate surface area is 170 Å². The molecule has 1 aliphatic rings. The van der Waals surface area contributed by atoms with Gasteiger partial charge in [-0.2, -0.15) is 0 Å². The van der Waals surface area contributed by atoms with Crippen LogP contribution in [0.4, 0.5) is 0 Å². The Hall–Kier alpha value is -3.28. The van der Waals surface area contributed by atoms with E-state index in [0.29, 0.717) is 42.7 Å². The van der Waals surface area contributed by atoms with Gasteiger partial charge in [0.1, 0.15) is 12.4 Å². The number of imidazole rings is 1. The molecular weight excluding hydrogens is 366 g/mol. The van der Waals surface area contributed by atoms with Gasteiger partial charge in [-0.05, 0) is 43.2 Å². The number of hydrogen-bond donors (Lipinski definition) is 1. The van der Waals surface area contributed by atoms with Crippen molar-refractivity contribution in [2.45, 2.75) is 18.8 Å². The van der Waals surface area contributed by atoms with Crippen molar-refractivity contribution in [3.63, 3.8) is 0 Å². The third kappa shape index (κ3) is 3.97. The van der Waals surface area contributed by atoms with Crippen LogP contribution in [-0.4, -0.2) is 47.6 Å². The molecule has 0 aliphatic carbocycles. The molecule has 0 bridgehead atoms. The second-order valence-corrected chi connectivity index (χ2v) is 7.17. The van der Waals surface area contributed by atoms with E-state index in [1.54, 1.807) is 31.4 Å². The molecule has 150 valence electrons.